The predicted molar refractivity (Wildman–Crippen MR) is 116 cm³/mol. The number of rotatable bonds is 1. The van der Waals surface area contributed by atoms with Crippen molar-refractivity contribution in [3.63, 3.8) is 0 Å². The van der Waals surface area contributed by atoms with Crippen molar-refractivity contribution in [2.75, 3.05) is 0 Å². The van der Waals surface area contributed by atoms with Gasteiger partial charge in [-0.25, -0.2) is 0 Å². The van der Waals surface area contributed by atoms with Gasteiger partial charge in [0.05, 0.1) is 0 Å². The van der Waals surface area contributed by atoms with Gasteiger partial charge in [0.15, 0.2) is 0 Å². The number of ketones is 1. The largest absolute Gasteiger partial charge is 0.303 e. The molecule has 0 saturated heterocycles. The molecule has 0 aromatic carbocycles. The van der Waals surface area contributed by atoms with Gasteiger partial charge in [-0.1, -0.05) is 41.0 Å². The molecule has 0 aliphatic heterocycles. The molecule has 0 aromatic rings. The zero-order valence-corrected chi connectivity index (χ0v) is 19.5. The minimum Gasteiger partial charge on any atom is -0.303 e. The number of hydrogen-bond acceptors (Lipinski definition) is 2. The highest BCUT2D eigenvalue weighted by Gasteiger charge is 2.69. The van der Waals surface area contributed by atoms with Gasteiger partial charge in [-0.05, 0) is 97.7 Å². The molecule has 2 nitrogen and oxygen atoms in total. The molecule has 5 aliphatic rings. The molecule has 0 N–H and O–H groups in total. The molecule has 0 aromatic heterocycles. The molecule has 5 fully saturated rings. The van der Waals surface area contributed by atoms with Crippen molar-refractivity contribution < 1.29 is 9.59 Å². The van der Waals surface area contributed by atoms with Crippen LogP contribution in [0.15, 0.2) is 0 Å². The summed E-state index contributed by atoms with van der Waals surface area (Å²) >= 11 is 0. The van der Waals surface area contributed by atoms with Crippen molar-refractivity contribution in [1.82, 2.24) is 0 Å². The van der Waals surface area contributed by atoms with Crippen molar-refractivity contribution in [3.8, 4) is 0 Å². The van der Waals surface area contributed by atoms with Crippen LogP contribution >= 0.6 is 0 Å². The molecule has 5 saturated carbocycles. The second kappa shape index (κ2) is 5.98. The molecule has 0 bridgehead atoms. The fourth-order valence-corrected chi connectivity index (χ4v) is 10.6. The number of Topliss-reactive ketones (excluding diaryl/α,β-unsaturated/α-hetero) is 1. The third-order valence-corrected chi connectivity index (χ3v) is 12.4. The lowest BCUT2D eigenvalue weighted by atomic mass is 9.32. The highest BCUT2D eigenvalue weighted by atomic mass is 16.1. The van der Waals surface area contributed by atoms with Crippen LogP contribution in [0.3, 0.4) is 0 Å². The lowest BCUT2D eigenvalue weighted by Crippen LogP contribution is -2.66. The van der Waals surface area contributed by atoms with E-state index < -0.39 is 0 Å². The average molecular weight is 399 g/mol. The van der Waals surface area contributed by atoms with Gasteiger partial charge in [0.25, 0.3) is 0 Å². The van der Waals surface area contributed by atoms with Crippen LogP contribution < -0.4 is 0 Å². The minimum atomic E-state index is -0.156. The molecular formula is C27H42O2. The summed E-state index contributed by atoms with van der Waals surface area (Å²) < 4.78 is 0. The summed E-state index contributed by atoms with van der Waals surface area (Å²) in [6.45, 7) is 12.3. The van der Waals surface area contributed by atoms with Gasteiger partial charge >= 0.3 is 0 Å². The quantitative estimate of drug-likeness (QED) is 0.466. The molecule has 0 spiro atoms. The third-order valence-electron chi connectivity index (χ3n) is 12.4. The highest BCUT2D eigenvalue weighted by molar-refractivity contribution is 5.85. The van der Waals surface area contributed by atoms with Crippen LogP contribution in [-0.4, -0.2) is 12.1 Å². The molecular weight excluding hydrogens is 356 g/mol. The first-order chi connectivity index (χ1) is 13.6. The molecule has 5 aliphatic carbocycles. The molecule has 8 atom stereocenters. The summed E-state index contributed by atoms with van der Waals surface area (Å²) in [5.41, 5.74) is 0.865. The number of aldehydes is 1. The van der Waals surface area contributed by atoms with Crippen molar-refractivity contribution in [2.45, 2.75) is 105 Å². The fourth-order valence-electron chi connectivity index (χ4n) is 10.6. The van der Waals surface area contributed by atoms with Gasteiger partial charge in [-0.15, -0.1) is 0 Å². The van der Waals surface area contributed by atoms with Crippen LogP contribution in [-0.2, 0) is 9.59 Å². The van der Waals surface area contributed by atoms with Gasteiger partial charge < -0.3 is 4.79 Å². The Morgan fingerprint density at radius 3 is 2.24 bits per heavy atom. The number of carbonyl (C=O) groups excluding carboxylic acids is 2. The van der Waals surface area contributed by atoms with Crippen LogP contribution in [0.1, 0.15) is 105 Å². The third kappa shape index (κ3) is 2.25. The fraction of sp³-hybridized carbons (Fsp3) is 0.926. The van der Waals surface area contributed by atoms with Crippen LogP contribution in [0.25, 0.3) is 0 Å². The van der Waals surface area contributed by atoms with E-state index in [1.54, 1.807) is 0 Å². The molecule has 29 heavy (non-hydrogen) atoms. The number of hydrogen-bond donors (Lipinski definition) is 0. The van der Waals surface area contributed by atoms with E-state index in [0.717, 1.165) is 37.5 Å². The lowest BCUT2D eigenvalue weighted by Gasteiger charge is -2.72. The number of carbonyl (C=O) groups is 2. The second-order valence-electron chi connectivity index (χ2n) is 13.2. The van der Waals surface area contributed by atoms with Gasteiger partial charge in [0.1, 0.15) is 12.1 Å². The average Bonchev–Trinajstić information content (AvgIpc) is 3.10. The number of fused-ring (bicyclic) bond motifs is 7. The maximum Gasteiger partial charge on any atom is 0.138 e. The van der Waals surface area contributed by atoms with E-state index in [-0.39, 0.29) is 10.8 Å². The van der Waals surface area contributed by atoms with Crippen molar-refractivity contribution in [1.29, 1.82) is 0 Å². The Bertz CT molecular complexity index is 739. The lowest BCUT2D eigenvalue weighted by molar-refractivity contribution is -0.229. The normalized spacial score (nSPS) is 56.0. The van der Waals surface area contributed by atoms with Gasteiger partial charge in [0, 0.05) is 17.3 Å². The van der Waals surface area contributed by atoms with E-state index in [0.29, 0.717) is 33.9 Å². The first-order valence-corrected chi connectivity index (χ1v) is 12.5. The molecule has 4 unspecified atom stereocenters. The van der Waals surface area contributed by atoms with E-state index in [2.05, 4.69) is 34.6 Å². The summed E-state index contributed by atoms with van der Waals surface area (Å²) in [5, 5.41) is 0. The smallest absolute Gasteiger partial charge is 0.138 e. The van der Waals surface area contributed by atoms with Crippen molar-refractivity contribution >= 4 is 12.1 Å². The van der Waals surface area contributed by atoms with Crippen LogP contribution in [0.5, 0.6) is 0 Å². The van der Waals surface area contributed by atoms with Gasteiger partial charge in [0.2, 0.25) is 0 Å². The van der Waals surface area contributed by atoms with Gasteiger partial charge in [-0.3, -0.25) is 4.79 Å². The van der Waals surface area contributed by atoms with Crippen LogP contribution in [0.4, 0.5) is 0 Å². The Labute approximate surface area is 178 Å². The maximum atomic E-state index is 12.8. The summed E-state index contributed by atoms with van der Waals surface area (Å²) in [4.78, 5) is 25.0. The maximum absolute atomic E-state index is 12.8. The summed E-state index contributed by atoms with van der Waals surface area (Å²) in [6, 6.07) is 0. The van der Waals surface area contributed by atoms with Gasteiger partial charge in [-0.2, -0.15) is 0 Å². The topological polar surface area (TPSA) is 34.1 Å². The van der Waals surface area contributed by atoms with Crippen LogP contribution in [0, 0.1) is 50.7 Å². The zero-order valence-electron chi connectivity index (χ0n) is 19.5. The molecule has 0 amide bonds. The van der Waals surface area contributed by atoms with E-state index in [9.17, 15) is 9.59 Å². The van der Waals surface area contributed by atoms with E-state index in [4.69, 9.17) is 0 Å². The molecule has 2 heteroatoms. The van der Waals surface area contributed by atoms with E-state index in [1.807, 2.05) is 0 Å². The Hall–Kier alpha value is -0.660. The minimum absolute atomic E-state index is 0.00766. The van der Waals surface area contributed by atoms with E-state index >= 15 is 0 Å². The zero-order chi connectivity index (χ0) is 20.9. The van der Waals surface area contributed by atoms with Crippen molar-refractivity contribution in [3.05, 3.63) is 0 Å². The summed E-state index contributed by atoms with van der Waals surface area (Å²) in [5.74, 6) is 3.13. The monoisotopic (exact) mass is 398 g/mol. The highest BCUT2D eigenvalue weighted by Crippen LogP contribution is 2.76. The SMILES string of the molecule is CC1(C)C(=O)CC[C@@]2(C)C1CC[C@]1(C)C2CCC2C3CCC[C@]3(C=O)CC[C@]21C. The second-order valence-corrected chi connectivity index (χ2v) is 13.2. The Balaban J connectivity index is 1.54. The van der Waals surface area contributed by atoms with E-state index in [1.165, 1.54) is 51.2 Å². The molecule has 0 radical (unpaired) electrons. The first-order valence-electron chi connectivity index (χ1n) is 12.5. The van der Waals surface area contributed by atoms with Crippen LogP contribution in [0.2, 0.25) is 0 Å². The summed E-state index contributed by atoms with van der Waals surface area (Å²) in [7, 11) is 0. The Morgan fingerprint density at radius 2 is 1.52 bits per heavy atom. The summed E-state index contributed by atoms with van der Waals surface area (Å²) in [6.07, 6.45) is 14.4. The van der Waals surface area contributed by atoms with Crippen molar-refractivity contribution in [2.24, 2.45) is 50.7 Å². The molecule has 162 valence electrons. The Kier molecular flexibility index (Phi) is 4.17. The predicted octanol–water partition coefficient (Wildman–Crippen LogP) is 6.61. The molecule has 0 heterocycles. The molecule has 5 rings (SSSR count). The Morgan fingerprint density at radius 1 is 0.759 bits per heavy atom. The standard InChI is InChI=1S/C27H42O2/c1-23(2)20-10-14-26(5)21(24(20,3)13-11-22(23)29)9-8-18-19-7-6-12-27(19,17-28)16-15-25(18,26)4/h17-21H,6-16H2,1-5H3/t18?,19?,20?,21?,24-,25+,26+,27+/m0/s1. The first kappa shape index (κ1) is 20.3.